The molecule has 5 nitrogen and oxygen atoms in total. The van der Waals surface area contributed by atoms with E-state index in [4.69, 9.17) is 29.4 Å². The third-order valence-corrected chi connectivity index (χ3v) is 4.14. The van der Waals surface area contributed by atoms with Crippen LogP contribution in [0.3, 0.4) is 0 Å². The molecule has 0 bridgehead atoms. The number of aliphatic imine (C=N–C) groups is 1. The van der Waals surface area contributed by atoms with E-state index in [0.29, 0.717) is 17.6 Å². The maximum atomic E-state index is 6.01. The number of hydrogen-bond acceptors (Lipinski definition) is 2. The van der Waals surface area contributed by atoms with Gasteiger partial charge >= 0.3 is 0 Å². The van der Waals surface area contributed by atoms with E-state index in [2.05, 4.69) is 4.99 Å². The summed E-state index contributed by atoms with van der Waals surface area (Å²) in [7, 11) is 0. The Morgan fingerprint density at radius 1 is 1.15 bits per heavy atom. The molecule has 0 spiro atoms. The third-order valence-electron chi connectivity index (χ3n) is 3.95. The van der Waals surface area contributed by atoms with E-state index in [9.17, 15) is 0 Å². The van der Waals surface area contributed by atoms with Crippen molar-refractivity contribution in [3.05, 3.63) is 24.3 Å². The van der Waals surface area contributed by atoms with Crippen LogP contribution in [0.2, 0.25) is 0 Å². The van der Waals surface area contributed by atoms with Crippen molar-refractivity contribution in [3.63, 3.8) is 0 Å². The molecule has 0 aliphatic heterocycles. The highest BCUT2D eigenvalue weighted by Crippen LogP contribution is 2.34. The molecule has 0 amide bonds. The quantitative estimate of drug-likeness (QED) is 0.415. The van der Waals surface area contributed by atoms with Crippen molar-refractivity contribution in [1.29, 1.82) is 0 Å². The first-order valence-corrected chi connectivity index (χ1v) is 7.50. The lowest BCUT2D eigenvalue weighted by atomic mass is 9.90. The van der Waals surface area contributed by atoms with E-state index in [0.717, 1.165) is 12.8 Å². The Kier molecular flexibility index (Phi) is 4.65. The van der Waals surface area contributed by atoms with Crippen molar-refractivity contribution in [2.45, 2.75) is 50.2 Å². The molecule has 1 fully saturated rings. The summed E-state index contributed by atoms with van der Waals surface area (Å²) in [5, 5.41) is 0.363. The highest BCUT2D eigenvalue weighted by atomic mass is 32.1. The van der Waals surface area contributed by atoms with Crippen LogP contribution < -0.4 is 17.2 Å². The first-order valence-electron chi connectivity index (χ1n) is 7.09. The second-order valence-electron chi connectivity index (χ2n) is 5.41. The standard InChI is InChI=1S/C14H23N5S/c15-12(16)18-14(9-5-2-6-10-14)19(13(17)20)11-7-3-1-4-8-11/h2,5-6,9,11H,1,3-4,7-8,10H2,(H2,17,20)(H4,15,16,18). The number of guanidine groups is 1. The van der Waals surface area contributed by atoms with Crippen LogP contribution in [0.25, 0.3) is 0 Å². The molecule has 0 saturated heterocycles. The molecule has 1 saturated carbocycles. The fourth-order valence-corrected chi connectivity index (χ4v) is 3.47. The minimum Gasteiger partial charge on any atom is -0.376 e. The van der Waals surface area contributed by atoms with Gasteiger partial charge in [0, 0.05) is 12.5 Å². The second-order valence-corrected chi connectivity index (χ2v) is 5.82. The van der Waals surface area contributed by atoms with Crippen LogP contribution in [0, 0.1) is 0 Å². The highest BCUT2D eigenvalue weighted by Gasteiger charge is 2.39. The molecule has 1 atom stereocenters. The summed E-state index contributed by atoms with van der Waals surface area (Å²) in [6.45, 7) is 0. The van der Waals surface area contributed by atoms with E-state index in [1.165, 1.54) is 19.3 Å². The van der Waals surface area contributed by atoms with Crippen LogP contribution >= 0.6 is 12.2 Å². The summed E-state index contributed by atoms with van der Waals surface area (Å²) in [6.07, 6.45) is 14.5. The van der Waals surface area contributed by atoms with Gasteiger partial charge in [0.25, 0.3) is 0 Å². The maximum Gasteiger partial charge on any atom is 0.188 e. The Morgan fingerprint density at radius 3 is 2.35 bits per heavy atom. The topological polar surface area (TPSA) is 93.7 Å². The monoisotopic (exact) mass is 293 g/mol. The summed E-state index contributed by atoms with van der Waals surface area (Å²) >= 11 is 5.30. The predicted octanol–water partition coefficient (Wildman–Crippen LogP) is 1.35. The smallest absolute Gasteiger partial charge is 0.188 e. The molecule has 0 radical (unpaired) electrons. The van der Waals surface area contributed by atoms with Gasteiger partial charge in [-0.3, -0.25) is 0 Å². The molecule has 0 aromatic heterocycles. The molecule has 20 heavy (non-hydrogen) atoms. The normalized spacial score (nSPS) is 26.2. The third kappa shape index (κ3) is 3.12. The zero-order valence-electron chi connectivity index (χ0n) is 11.7. The zero-order chi connectivity index (χ0) is 14.6. The lowest BCUT2D eigenvalue weighted by Crippen LogP contribution is -2.58. The molecule has 2 aliphatic carbocycles. The van der Waals surface area contributed by atoms with Gasteiger partial charge in [0.15, 0.2) is 16.7 Å². The fourth-order valence-electron chi connectivity index (χ4n) is 3.16. The molecule has 6 N–H and O–H groups in total. The molecule has 110 valence electrons. The van der Waals surface area contributed by atoms with Gasteiger partial charge in [0.05, 0.1) is 0 Å². The van der Waals surface area contributed by atoms with Crippen molar-refractivity contribution >= 4 is 23.3 Å². The minimum atomic E-state index is -0.665. The van der Waals surface area contributed by atoms with Crippen LogP contribution in [0.4, 0.5) is 0 Å². The van der Waals surface area contributed by atoms with E-state index in [-0.39, 0.29) is 5.96 Å². The van der Waals surface area contributed by atoms with Gasteiger partial charge in [-0.2, -0.15) is 0 Å². The highest BCUT2D eigenvalue weighted by molar-refractivity contribution is 7.80. The average molecular weight is 293 g/mol. The summed E-state index contributed by atoms with van der Waals surface area (Å²) in [6, 6.07) is 0.306. The van der Waals surface area contributed by atoms with Gasteiger partial charge in [0.2, 0.25) is 0 Å². The van der Waals surface area contributed by atoms with Crippen LogP contribution in [0.15, 0.2) is 29.3 Å². The Labute approximate surface area is 125 Å². The van der Waals surface area contributed by atoms with Gasteiger partial charge < -0.3 is 22.1 Å². The zero-order valence-corrected chi connectivity index (χ0v) is 12.5. The Morgan fingerprint density at radius 2 is 1.85 bits per heavy atom. The average Bonchev–Trinajstić information content (AvgIpc) is 2.39. The molecule has 0 heterocycles. The molecule has 1 unspecified atom stereocenters. The van der Waals surface area contributed by atoms with Crippen LogP contribution in [0.5, 0.6) is 0 Å². The number of allylic oxidation sites excluding steroid dienone is 2. The van der Waals surface area contributed by atoms with Crippen molar-refractivity contribution < 1.29 is 0 Å². The largest absolute Gasteiger partial charge is 0.376 e. The summed E-state index contributed by atoms with van der Waals surface area (Å²) in [4.78, 5) is 6.49. The Balaban J connectivity index is 2.37. The number of rotatable bonds is 3. The lowest BCUT2D eigenvalue weighted by molar-refractivity contribution is 0.144. The molecular formula is C14H23N5S. The molecule has 6 heteroatoms. The predicted molar refractivity (Wildman–Crippen MR) is 86.9 cm³/mol. The molecular weight excluding hydrogens is 270 g/mol. The summed E-state index contributed by atoms with van der Waals surface area (Å²) in [5.74, 6) is 0.0574. The molecule has 2 aliphatic rings. The van der Waals surface area contributed by atoms with Crippen LogP contribution in [0.1, 0.15) is 38.5 Å². The van der Waals surface area contributed by atoms with Gasteiger partial charge in [-0.15, -0.1) is 0 Å². The number of hydrogen-bond donors (Lipinski definition) is 3. The van der Waals surface area contributed by atoms with Gasteiger partial charge in [-0.05, 0) is 31.1 Å². The first kappa shape index (κ1) is 14.8. The van der Waals surface area contributed by atoms with Gasteiger partial charge in [0.1, 0.15) is 0 Å². The van der Waals surface area contributed by atoms with Crippen LogP contribution in [-0.4, -0.2) is 27.7 Å². The first-order chi connectivity index (χ1) is 9.55. The second kappa shape index (κ2) is 6.26. The van der Waals surface area contributed by atoms with Crippen molar-refractivity contribution in [1.82, 2.24) is 4.90 Å². The summed E-state index contributed by atoms with van der Waals surface area (Å²) < 4.78 is 0. The van der Waals surface area contributed by atoms with E-state index in [1.807, 2.05) is 29.2 Å². The van der Waals surface area contributed by atoms with Crippen molar-refractivity contribution in [2.24, 2.45) is 22.2 Å². The molecule has 2 rings (SSSR count). The molecule has 0 aromatic rings. The Bertz CT molecular complexity index is 446. The SMILES string of the molecule is NC(=S)N(C1CCCCC1)C1(N=C(N)N)C=CC=CC1. The Hall–Kier alpha value is -1.56. The van der Waals surface area contributed by atoms with Gasteiger partial charge in [-0.25, -0.2) is 4.99 Å². The van der Waals surface area contributed by atoms with E-state index in [1.54, 1.807) is 0 Å². The number of nitrogens with zero attached hydrogens (tertiary/aromatic N) is 2. The fraction of sp³-hybridized carbons (Fsp3) is 0.571. The van der Waals surface area contributed by atoms with E-state index < -0.39 is 5.66 Å². The van der Waals surface area contributed by atoms with Crippen molar-refractivity contribution in [3.8, 4) is 0 Å². The maximum absolute atomic E-state index is 6.01. The van der Waals surface area contributed by atoms with Crippen molar-refractivity contribution in [2.75, 3.05) is 0 Å². The van der Waals surface area contributed by atoms with E-state index >= 15 is 0 Å². The minimum absolute atomic E-state index is 0.0574. The number of nitrogens with two attached hydrogens (primary N) is 3. The lowest BCUT2D eigenvalue weighted by Gasteiger charge is -2.46. The molecule has 0 aromatic carbocycles. The van der Waals surface area contributed by atoms with Crippen LogP contribution in [-0.2, 0) is 0 Å². The number of thiocarbonyl (C=S) groups is 1. The van der Waals surface area contributed by atoms with Gasteiger partial charge in [-0.1, -0.05) is 37.5 Å². The summed E-state index contributed by atoms with van der Waals surface area (Å²) in [5.41, 5.74) is 16.6.